The molecule has 1 rings (SSSR count). The largest absolute Gasteiger partial charge is 0.313 e. The quantitative estimate of drug-likeness (QED) is 0.834. The first-order valence-electron chi connectivity index (χ1n) is 7.19. The summed E-state index contributed by atoms with van der Waals surface area (Å²) in [6.07, 6.45) is 0. The molecule has 0 aliphatic rings. The van der Waals surface area contributed by atoms with Crippen molar-refractivity contribution in [2.75, 3.05) is 13.6 Å². The number of nitrogens with zero attached hydrogens (tertiary/aromatic N) is 1. The minimum absolute atomic E-state index is 0.0668. The zero-order valence-corrected chi connectivity index (χ0v) is 14.9. The fourth-order valence-corrected chi connectivity index (χ4v) is 3.64. The molecule has 1 aromatic carbocycles. The number of hydrogen-bond donors (Lipinski definition) is 1. The summed E-state index contributed by atoms with van der Waals surface area (Å²) in [4.78, 5) is 0.287. The minimum Gasteiger partial charge on any atom is -0.313 e. The zero-order valence-electron chi connectivity index (χ0n) is 13.4. The van der Waals surface area contributed by atoms with E-state index in [1.165, 1.54) is 4.31 Å². The molecule has 1 N–H and O–H groups in total. The summed E-state index contributed by atoms with van der Waals surface area (Å²) in [7, 11) is -1.88. The minimum atomic E-state index is -3.50. The number of benzene rings is 1. The molecule has 0 saturated carbocycles. The molecule has 6 heteroatoms. The monoisotopic (exact) mass is 332 g/mol. The van der Waals surface area contributed by atoms with Crippen LogP contribution in [0.3, 0.4) is 0 Å². The summed E-state index contributed by atoms with van der Waals surface area (Å²) in [6, 6.07) is 4.80. The van der Waals surface area contributed by atoms with E-state index in [2.05, 4.69) is 5.32 Å². The Morgan fingerprint density at radius 3 is 2.43 bits per heavy atom. The molecule has 1 unspecified atom stereocenters. The Bertz CT molecular complexity index is 573. The van der Waals surface area contributed by atoms with E-state index >= 15 is 0 Å². The highest BCUT2D eigenvalue weighted by molar-refractivity contribution is 7.89. The average Bonchev–Trinajstić information content (AvgIpc) is 2.44. The first kappa shape index (κ1) is 18.4. The molecule has 1 aromatic rings. The third-order valence-electron chi connectivity index (χ3n) is 3.80. The summed E-state index contributed by atoms with van der Waals surface area (Å²) in [5.41, 5.74) is 0.796. The number of halogens is 1. The van der Waals surface area contributed by atoms with Crippen molar-refractivity contribution in [2.24, 2.45) is 5.92 Å². The van der Waals surface area contributed by atoms with Crippen molar-refractivity contribution >= 4 is 21.6 Å². The SMILES string of the molecule is CCNCc1cc(S(=O)(=O)N(C)C(C)C(C)C)ccc1Cl. The lowest BCUT2D eigenvalue weighted by Crippen LogP contribution is -2.38. The molecule has 21 heavy (non-hydrogen) atoms. The third-order valence-corrected chi connectivity index (χ3v) is 6.11. The van der Waals surface area contributed by atoms with Crippen LogP contribution in [-0.4, -0.2) is 32.4 Å². The highest BCUT2D eigenvalue weighted by Gasteiger charge is 2.27. The summed E-state index contributed by atoms with van der Waals surface area (Å²) in [5.74, 6) is 0.248. The van der Waals surface area contributed by atoms with Crippen molar-refractivity contribution < 1.29 is 8.42 Å². The Hall–Kier alpha value is -0.620. The predicted octanol–water partition coefficient (Wildman–Crippen LogP) is 3.11. The lowest BCUT2D eigenvalue weighted by Gasteiger charge is -2.27. The zero-order chi connectivity index (χ0) is 16.2. The van der Waals surface area contributed by atoms with Gasteiger partial charge >= 0.3 is 0 Å². The van der Waals surface area contributed by atoms with Crippen LogP contribution in [0.25, 0.3) is 0 Å². The van der Waals surface area contributed by atoms with Gasteiger partial charge in [-0.3, -0.25) is 0 Å². The second-order valence-corrected chi connectivity index (χ2v) is 7.94. The maximum absolute atomic E-state index is 12.7. The summed E-state index contributed by atoms with van der Waals surface area (Å²) in [6.45, 7) is 9.29. The van der Waals surface area contributed by atoms with Crippen LogP contribution in [-0.2, 0) is 16.6 Å². The number of nitrogens with one attached hydrogen (secondary N) is 1. The van der Waals surface area contributed by atoms with Gasteiger partial charge in [0.15, 0.2) is 0 Å². The van der Waals surface area contributed by atoms with E-state index in [1.54, 1.807) is 25.2 Å². The van der Waals surface area contributed by atoms with Gasteiger partial charge in [-0.05, 0) is 43.1 Å². The molecule has 1 atom stereocenters. The van der Waals surface area contributed by atoms with Gasteiger partial charge in [0, 0.05) is 24.7 Å². The highest BCUT2D eigenvalue weighted by Crippen LogP contribution is 2.24. The van der Waals surface area contributed by atoms with Crippen molar-refractivity contribution in [3.05, 3.63) is 28.8 Å². The van der Waals surface area contributed by atoms with Gasteiger partial charge in [-0.15, -0.1) is 0 Å². The molecule has 0 saturated heterocycles. The molecule has 0 spiro atoms. The normalized spacial score (nSPS) is 13.9. The molecule has 0 aliphatic carbocycles. The van der Waals surface area contributed by atoms with Crippen LogP contribution in [0.15, 0.2) is 23.1 Å². The van der Waals surface area contributed by atoms with Crippen molar-refractivity contribution in [2.45, 2.75) is 45.2 Å². The van der Waals surface area contributed by atoms with E-state index in [4.69, 9.17) is 11.6 Å². The Labute approximate surface area is 133 Å². The van der Waals surface area contributed by atoms with E-state index in [-0.39, 0.29) is 16.9 Å². The highest BCUT2D eigenvalue weighted by atomic mass is 35.5. The topological polar surface area (TPSA) is 49.4 Å². The van der Waals surface area contributed by atoms with E-state index in [9.17, 15) is 8.42 Å². The van der Waals surface area contributed by atoms with Gasteiger partial charge in [0.1, 0.15) is 0 Å². The van der Waals surface area contributed by atoms with Gasteiger partial charge in [-0.1, -0.05) is 32.4 Å². The Morgan fingerprint density at radius 1 is 1.29 bits per heavy atom. The Balaban J connectivity index is 3.14. The van der Waals surface area contributed by atoms with Crippen LogP contribution >= 0.6 is 11.6 Å². The van der Waals surface area contributed by atoms with E-state index < -0.39 is 10.0 Å². The van der Waals surface area contributed by atoms with Crippen LogP contribution in [0, 0.1) is 5.92 Å². The lowest BCUT2D eigenvalue weighted by molar-refractivity contribution is 0.316. The first-order valence-corrected chi connectivity index (χ1v) is 9.00. The van der Waals surface area contributed by atoms with Gasteiger partial charge in [-0.25, -0.2) is 8.42 Å². The van der Waals surface area contributed by atoms with E-state index in [1.807, 2.05) is 27.7 Å². The molecular formula is C15H25ClN2O2S. The van der Waals surface area contributed by atoms with Crippen LogP contribution in [0.4, 0.5) is 0 Å². The number of hydrogen-bond acceptors (Lipinski definition) is 3. The number of rotatable bonds is 7. The molecule has 120 valence electrons. The standard InChI is InChI=1S/C15H25ClN2O2S/c1-6-17-10-13-9-14(7-8-15(13)16)21(19,20)18(5)12(4)11(2)3/h7-9,11-12,17H,6,10H2,1-5H3. The molecule has 4 nitrogen and oxygen atoms in total. The van der Waals surface area contributed by atoms with E-state index in [0.717, 1.165) is 12.1 Å². The van der Waals surface area contributed by atoms with Gasteiger partial charge < -0.3 is 5.32 Å². The van der Waals surface area contributed by atoms with Crippen molar-refractivity contribution in [1.82, 2.24) is 9.62 Å². The smallest absolute Gasteiger partial charge is 0.243 e. The molecule has 0 radical (unpaired) electrons. The fraction of sp³-hybridized carbons (Fsp3) is 0.600. The molecular weight excluding hydrogens is 308 g/mol. The molecule has 0 aliphatic heterocycles. The first-order chi connectivity index (χ1) is 9.71. The van der Waals surface area contributed by atoms with E-state index in [0.29, 0.717) is 11.6 Å². The Morgan fingerprint density at radius 2 is 1.90 bits per heavy atom. The molecule has 0 aromatic heterocycles. The number of sulfonamides is 1. The third kappa shape index (κ3) is 4.42. The van der Waals surface area contributed by atoms with Crippen molar-refractivity contribution in [1.29, 1.82) is 0 Å². The lowest BCUT2D eigenvalue weighted by atomic mass is 10.1. The van der Waals surface area contributed by atoms with Crippen LogP contribution in [0.1, 0.15) is 33.3 Å². The second kappa shape index (κ2) is 7.58. The van der Waals surface area contributed by atoms with Crippen LogP contribution in [0.2, 0.25) is 5.02 Å². The molecule has 0 fully saturated rings. The average molecular weight is 333 g/mol. The summed E-state index contributed by atoms with van der Waals surface area (Å²) in [5, 5.41) is 3.74. The molecule has 0 amide bonds. The Kier molecular flexibility index (Phi) is 6.66. The predicted molar refractivity (Wildman–Crippen MR) is 88.1 cm³/mol. The fourth-order valence-electron chi connectivity index (χ4n) is 1.91. The van der Waals surface area contributed by atoms with Gasteiger partial charge in [0.05, 0.1) is 4.90 Å². The van der Waals surface area contributed by atoms with Gasteiger partial charge in [-0.2, -0.15) is 4.31 Å². The second-order valence-electron chi connectivity index (χ2n) is 5.54. The van der Waals surface area contributed by atoms with Crippen LogP contribution < -0.4 is 5.32 Å². The summed E-state index contributed by atoms with van der Waals surface area (Å²) < 4.78 is 26.8. The maximum atomic E-state index is 12.7. The van der Waals surface area contributed by atoms with Crippen LogP contribution in [0.5, 0.6) is 0 Å². The molecule has 0 heterocycles. The van der Waals surface area contributed by atoms with Gasteiger partial charge in [0.2, 0.25) is 10.0 Å². The van der Waals surface area contributed by atoms with Crippen molar-refractivity contribution in [3.63, 3.8) is 0 Å². The van der Waals surface area contributed by atoms with Crippen molar-refractivity contribution in [3.8, 4) is 0 Å². The maximum Gasteiger partial charge on any atom is 0.243 e. The summed E-state index contributed by atoms with van der Waals surface area (Å²) >= 11 is 6.13. The van der Waals surface area contributed by atoms with Gasteiger partial charge in [0.25, 0.3) is 0 Å². The molecule has 0 bridgehead atoms.